The van der Waals surface area contributed by atoms with Crippen molar-refractivity contribution in [3.05, 3.63) is 24.3 Å². The first-order valence-electron chi connectivity index (χ1n) is 8.82. The van der Waals surface area contributed by atoms with Crippen molar-refractivity contribution < 1.29 is 28.9 Å². The topological polar surface area (TPSA) is 88.5 Å². The molecule has 0 aromatic heterocycles. The Balaban J connectivity index is 1.58. The van der Waals surface area contributed by atoms with Gasteiger partial charge in [-0.05, 0) is 30.7 Å². The van der Waals surface area contributed by atoms with E-state index in [0.717, 1.165) is 17.8 Å². The van der Waals surface area contributed by atoms with Crippen LogP contribution in [0.15, 0.2) is 24.3 Å². The van der Waals surface area contributed by atoms with E-state index in [1.807, 2.05) is 31.2 Å². The fourth-order valence-corrected chi connectivity index (χ4v) is 3.00. The molecule has 2 saturated heterocycles. The summed E-state index contributed by atoms with van der Waals surface area (Å²) < 4.78 is 15.7. The molecule has 2 aliphatic rings. The third-order valence-corrected chi connectivity index (χ3v) is 4.34. The lowest BCUT2D eigenvalue weighted by molar-refractivity contribution is -0.152. The van der Waals surface area contributed by atoms with Crippen LogP contribution in [0.3, 0.4) is 0 Å². The van der Waals surface area contributed by atoms with Gasteiger partial charge in [-0.15, -0.1) is 0 Å². The van der Waals surface area contributed by atoms with Crippen molar-refractivity contribution in [1.82, 2.24) is 0 Å². The third-order valence-electron chi connectivity index (χ3n) is 4.34. The molecule has 1 amide bonds. The summed E-state index contributed by atoms with van der Waals surface area (Å²) in [6.07, 6.45) is -0.371. The molecule has 2 atom stereocenters. The van der Waals surface area contributed by atoms with Crippen molar-refractivity contribution in [3.63, 3.8) is 0 Å². The molecule has 0 radical (unpaired) electrons. The Hall–Kier alpha value is -2.16. The first kappa shape index (κ1) is 18.6. The summed E-state index contributed by atoms with van der Waals surface area (Å²) in [7, 11) is 0. The van der Waals surface area contributed by atoms with Crippen LogP contribution in [-0.2, 0) is 23.8 Å². The lowest BCUT2D eigenvalue weighted by atomic mass is 10.2. The van der Waals surface area contributed by atoms with Crippen LogP contribution < -0.4 is 9.80 Å². The van der Waals surface area contributed by atoms with Crippen LogP contribution in [-0.4, -0.2) is 62.4 Å². The van der Waals surface area contributed by atoms with Gasteiger partial charge in [-0.2, -0.15) is 0 Å². The van der Waals surface area contributed by atoms with E-state index in [1.54, 1.807) is 9.80 Å². The molecule has 0 spiro atoms. The Morgan fingerprint density at radius 1 is 1.31 bits per heavy atom. The van der Waals surface area contributed by atoms with E-state index in [9.17, 15) is 14.7 Å². The molecule has 8 nitrogen and oxygen atoms in total. The first-order chi connectivity index (χ1) is 12.6. The molecule has 0 bridgehead atoms. The maximum Gasteiger partial charge on any atom is 0.305 e. The second kappa shape index (κ2) is 8.48. The van der Waals surface area contributed by atoms with Gasteiger partial charge in [-0.1, -0.05) is 6.92 Å². The molecular formula is C18H24N2O6. The molecule has 8 heteroatoms. The molecule has 3 rings (SSSR count). The van der Waals surface area contributed by atoms with E-state index in [1.165, 1.54) is 0 Å². The van der Waals surface area contributed by atoms with Crippen molar-refractivity contribution in [3.8, 4) is 0 Å². The number of benzene rings is 1. The molecule has 1 aromatic carbocycles. The Bertz CT molecular complexity index is 635. The molecule has 0 saturated carbocycles. The zero-order valence-electron chi connectivity index (χ0n) is 14.8. The lowest BCUT2D eigenvalue weighted by Gasteiger charge is -2.27. The summed E-state index contributed by atoms with van der Waals surface area (Å²) in [6.45, 7) is 3.58. The van der Waals surface area contributed by atoms with E-state index in [0.29, 0.717) is 26.1 Å². The van der Waals surface area contributed by atoms with Crippen LogP contribution in [0.4, 0.5) is 11.4 Å². The van der Waals surface area contributed by atoms with Crippen LogP contribution in [0.2, 0.25) is 0 Å². The monoisotopic (exact) mass is 364 g/mol. The van der Waals surface area contributed by atoms with Crippen LogP contribution in [0.5, 0.6) is 0 Å². The molecule has 2 heterocycles. The smallest absolute Gasteiger partial charge is 0.305 e. The predicted molar refractivity (Wildman–Crippen MR) is 93.7 cm³/mol. The molecule has 2 fully saturated rings. The van der Waals surface area contributed by atoms with Gasteiger partial charge in [-0.25, -0.2) is 0 Å². The Morgan fingerprint density at radius 2 is 2.04 bits per heavy atom. The highest BCUT2D eigenvalue weighted by molar-refractivity contribution is 5.95. The number of morpholine rings is 1. The Morgan fingerprint density at radius 3 is 2.73 bits per heavy atom. The lowest BCUT2D eigenvalue weighted by Crippen LogP contribution is -2.41. The summed E-state index contributed by atoms with van der Waals surface area (Å²) in [6, 6.07) is 7.33. The van der Waals surface area contributed by atoms with Crippen molar-refractivity contribution in [2.75, 3.05) is 42.7 Å². The minimum Gasteiger partial charge on any atom is -0.463 e. The zero-order chi connectivity index (χ0) is 18.5. The number of hydrogen-bond donors (Lipinski definition) is 1. The van der Waals surface area contributed by atoms with E-state index in [2.05, 4.69) is 0 Å². The highest BCUT2D eigenvalue weighted by atomic mass is 16.7. The van der Waals surface area contributed by atoms with Crippen LogP contribution in [0.1, 0.15) is 19.8 Å². The third kappa shape index (κ3) is 4.32. The standard InChI is InChI=1S/C18H24N2O6/c1-2-3-17(22)25-11-15-10-20(18(23)26-15)14-6-4-13(5-7-14)19-8-9-24-12-16(19)21/h4-7,15,18,23H,2-3,8-12H2,1H3. The molecular weight excluding hydrogens is 340 g/mol. The fraction of sp³-hybridized carbons (Fsp3) is 0.556. The molecule has 1 N–H and O–H groups in total. The normalized spacial score (nSPS) is 23.4. The number of aliphatic hydroxyl groups excluding tert-OH is 1. The molecule has 2 unspecified atom stereocenters. The van der Waals surface area contributed by atoms with Crippen LogP contribution >= 0.6 is 0 Å². The summed E-state index contributed by atoms with van der Waals surface area (Å²) in [5.41, 5.74) is 1.56. The number of ether oxygens (including phenoxy) is 3. The quantitative estimate of drug-likeness (QED) is 0.750. The van der Waals surface area contributed by atoms with E-state index < -0.39 is 6.41 Å². The van der Waals surface area contributed by atoms with Gasteiger partial charge >= 0.3 is 5.97 Å². The number of carbonyl (C=O) groups is 2. The summed E-state index contributed by atoms with van der Waals surface area (Å²) in [5.74, 6) is -0.328. The number of nitrogens with zero attached hydrogens (tertiary/aromatic N) is 2. The second-order valence-corrected chi connectivity index (χ2v) is 6.28. The highest BCUT2D eigenvalue weighted by Crippen LogP contribution is 2.27. The van der Waals surface area contributed by atoms with Gasteiger partial charge in [0.15, 0.2) is 0 Å². The van der Waals surface area contributed by atoms with Crippen molar-refractivity contribution in [1.29, 1.82) is 0 Å². The maximum atomic E-state index is 11.9. The fourth-order valence-electron chi connectivity index (χ4n) is 3.00. The zero-order valence-corrected chi connectivity index (χ0v) is 14.8. The minimum atomic E-state index is -1.10. The highest BCUT2D eigenvalue weighted by Gasteiger charge is 2.32. The average molecular weight is 364 g/mol. The number of hydrogen-bond acceptors (Lipinski definition) is 7. The minimum absolute atomic E-state index is 0.0671. The predicted octanol–water partition coefficient (Wildman–Crippen LogP) is 0.874. The van der Waals surface area contributed by atoms with Gasteiger partial charge in [0.2, 0.25) is 6.41 Å². The Kier molecular flexibility index (Phi) is 6.08. The summed E-state index contributed by atoms with van der Waals surface area (Å²) in [4.78, 5) is 26.7. The molecule has 26 heavy (non-hydrogen) atoms. The van der Waals surface area contributed by atoms with Gasteiger partial charge in [0.05, 0.1) is 13.2 Å². The van der Waals surface area contributed by atoms with Crippen molar-refractivity contribution in [2.24, 2.45) is 0 Å². The number of aliphatic hydroxyl groups is 1. The summed E-state index contributed by atoms with van der Waals surface area (Å²) >= 11 is 0. The van der Waals surface area contributed by atoms with Crippen molar-refractivity contribution in [2.45, 2.75) is 32.3 Å². The molecule has 2 aliphatic heterocycles. The van der Waals surface area contributed by atoms with E-state index in [4.69, 9.17) is 14.2 Å². The molecule has 142 valence electrons. The van der Waals surface area contributed by atoms with E-state index >= 15 is 0 Å². The first-order valence-corrected chi connectivity index (χ1v) is 8.82. The van der Waals surface area contributed by atoms with Crippen LogP contribution in [0, 0.1) is 0 Å². The van der Waals surface area contributed by atoms with Gasteiger partial charge in [0.25, 0.3) is 5.91 Å². The molecule has 0 aliphatic carbocycles. The van der Waals surface area contributed by atoms with Crippen LogP contribution in [0.25, 0.3) is 0 Å². The second-order valence-electron chi connectivity index (χ2n) is 6.28. The van der Waals surface area contributed by atoms with Gasteiger partial charge in [0, 0.05) is 24.3 Å². The Labute approximate surface area is 152 Å². The largest absolute Gasteiger partial charge is 0.463 e. The SMILES string of the molecule is CCCC(=O)OCC1CN(c2ccc(N3CCOCC3=O)cc2)C(O)O1. The maximum absolute atomic E-state index is 11.9. The number of esters is 1. The number of rotatable bonds is 6. The van der Waals surface area contributed by atoms with Crippen molar-refractivity contribution >= 4 is 23.3 Å². The van der Waals surface area contributed by atoms with Gasteiger partial charge < -0.3 is 29.1 Å². The van der Waals surface area contributed by atoms with Gasteiger partial charge in [0.1, 0.15) is 19.3 Å². The number of carbonyl (C=O) groups excluding carboxylic acids is 2. The summed E-state index contributed by atoms with van der Waals surface area (Å²) in [5, 5.41) is 10.1. The molecule has 1 aromatic rings. The van der Waals surface area contributed by atoms with E-state index in [-0.39, 0.29) is 31.2 Å². The number of anilines is 2. The average Bonchev–Trinajstić information content (AvgIpc) is 3.02. The van der Waals surface area contributed by atoms with Gasteiger partial charge in [-0.3, -0.25) is 9.59 Å². The number of amides is 1.